The van der Waals surface area contributed by atoms with Crippen molar-refractivity contribution in [2.24, 2.45) is 28.6 Å². The van der Waals surface area contributed by atoms with Crippen LogP contribution in [0, 0.1) is 28.6 Å². The van der Waals surface area contributed by atoms with E-state index in [2.05, 4.69) is 13.0 Å². The smallest absolute Gasteiger partial charge is 0.129 e. The maximum atomic E-state index is 11.8. The van der Waals surface area contributed by atoms with E-state index in [4.69, 9.17) is 0 Å². The molecule has 0 aromatic heterocycles. The Morgan fingerprint density at radius 2 is 1.95 bits per heavy atom. The fraction of sp³-hybridized carbons (Fsp3) is 0.842. The van der Waals surface area contributed by atoms with Crippen LogP contribution in [0.4, 0.5) is 0 Å². The summed E-state index contributed by atoms with van der Waals surface area (Å²) >= 11 is 0. The Kier molecular flexibility index (Phi) is 3.32. The van der Waals surface area contributed by atoms with Crippen LogP contribution >= 0.6 is 0 Å². The SMILES string of the molecule is C[C@]12CC[C@H](O)CC1=CC[C@H]1[C@@H]3CC[C@H](O)[C@@]3(C=O)CC[C@@H]12. The van der Waals surface area contributed by atoms with Crippen molar-refractivity contribution in [1.82, 2.24) is 0 Å². The molecule has 0 aromatic rings. The van der Waals surface area contributed by atoms with E-state index in [0.717, 1.165) is 57.7 Å². The minimum Gasteiger partial charge on any atom is -0.393 e. The van der Waals surface area contributed by atoms with Crippen molar-refractivity contribution in [2.45, 2.75) is 70.5 Å². The highest BCUT2D eigenvalue weighted by molar-refractivity contribution is 5.62. The summed E-state index contributed by atoms with van der Waals surface area (Å²) in [6, 6.07) is 0. The maximum Gasteiger partial charge on any atom is 0.129 e. The molecule has 4 aliphatic rings. The van der Waals surface area contributed by atoms with Crippen LogP contribution in [0.5, 0.6) is 0 Å². The molecule has 3 fully saturated rings. The molecule has 0 unspecified atom stereocenters. The summed E-state index contributed by atoms with van der Waals surface area (Å²) in [5.74, 6) is 1.53. The first-order chi connectivity index (χ1) is 10.5. The number of allylic oxidation sites excluding steroid dienone is 1. The zero-order valence-electron chi connectivity index (χ0n) is 13.5. The lowest BCUT2D eigenvalue weighted by Gasteiger charge is -2.57. The van der Waals surface area contributed by atoms with Gasteiger partial charge in [0.2, 0.25) is 0 Å². The van der Waals surface area contributed by atoms with Gasteiger partial charge in [0, 0.05) is 0 Å². The van der Waals surface area contributed by atoms with Crippen LogP contribution in [0.15, 0.2) is 11.6 Å². The highest BCUT2D eigenvalue weighted by Gasteiger charge is 2.60. The van der Waals surface area contributed by atoms with E-state index < -0.39 is 11.5 Å². The number of hydrogen-bond acceptors (Lipinski definition) is 3. The summed E-state index contributed by atoms with van der Waals surface area (Å²) in [5, 5.41) is 20.4. The molecule has 4 aliphatic carbocycles. The van der Waals surface area contributed by atoms with Gasteiger partial charge in [0.15, 0.2) is 0 Å². The molecule has 0 bridgehead atoms. The van der Waals surface area contributed by atoms with E-state index in [1.807, 2.05) is 0 Å². The van der Waals surface area contributed by atoms with Crippen LogP contribution in [0.25, 0.3) is 0 Å². The van der Waals surface area contributed by atoms with Gasteiger partial charge in [-0.1, -0.05) is 18.6 Å². The summed E-state index contributed by atoms with van der Waals surface area (Å²) in [7, 11) is 0. The molecular weight excluding hydrogens is 276 g/mol. The van der Waals surface area contributed by atoms with Gasteiger partial charge in [-0.25, -0.2) is 0 Å². The maximum absolute atomic E-state index is 11.8. The second kappa shape index (κ2) is 4.91. The van der Waals surface area contributed by atoms with Crippen molar-refractivity contribution in [3.8, 4) is 0 Å². The summed E-state index contributed by atoms with van der Waals surface area (Å²) in [4.78, 5) is 11.8. The van der Waals surface area contributed by atoms with Gasteiger partial charge in [0.05, 0.1) is 17.6 Å². The van der Waals surface area contributed by atoms with Crippen LogP contribution < -0.4 is 0 Å². The molecule has 3 heteroatoms. The van der Waals surface area contributed by atoms with Crippen molar-refractivity contribution in [3.05, 3.63) is 11.6 Å². The third-order valence-electron chi connectivity index (χ3n) is 7.84. The van der Waals surface area contributed by atoms with E-state index in [9.17, 15) is 15.0 Å². The van der Waals surface area contributed by atoms with Gasteiger partial charge in [-0.3, -0.25) is 0 Å². The summed E-state index contributed by atoms with van der Waals surface area (Å²) in [5.41, 5.74) is 1.21. The summed E-state index contributed by atoms with van der Waals surface area (Å²) in [6.45, 7) is 2.39. The Labute approximate surface area is 132 Å². The van der Waals surface area contributed by atoms with Gasteiger partial charge in [0.25, 0.3) is 0 Å². The molecule has 7 atom stereocenters. The van der Waals surface area contributed by atoms with Crippen molar-refractivity contribution in [2.75, 3.05) is 0 Å². The number of carbonyl (C=O) groups excluding carboxylic acids is 1. The topological polar surface area (TPSA) is 57.5 Å². The molecule has 3 nitrogen and oxygen atoms in total. The lowest BCUT2D eigenvalue weighted by atomic mass is 9.48. The molecule has 0 heterocycles. The predicted molar refractivity (Wildman–Crippen MR) is 84.1 cm³/mol. The van der Waals surface area contributed by atoms with Gasteiger partial charge < -0.3 is 15.0 Å². The number of carbonyl (C=O) groups is 1. The highest BCUT2D eigenvalue weighted by atomic mass is 16.3. The number of hydrogen-bond donors (Lipinski definition) is 2. The van der Waals surface area contributed by atoms with Gasteiger partial charge in [-0.05, 0) is 74.5 Å². The van der Waals surface area contributed by atoms with Crippen molar-refractivity contribution >= 4 is 6.29 Å². The van der Waals surface area contributed by atoms with E-state index in [0.29, 0.717) is 17.8 Å². The number of rotatable bonds is 1. The monoisotopic (exact) mass is 304 g/mol. The summed E-state index contributed by atoms with van der Waals surface area (Å²) in [6.07, 6.45) is 10.4. The molecule has 0 radical (unpaired) electrons. The fourth-order valence-corrected chi connectivity index (χ4v) is 6.57. The molecule has 22 heavy (non-hydrogen) atoms. The molecule has 3 saturated carbocycles. The van der Waals surface area contributed by atoms with E-state index in [1.165, 1.54) is 5.57 Å². The van der Waals surface area contributed by atoms with Crippen molar-refractivity contribution in [1.29, 1.82) is 0 Å². The van der Waals surface area contributed by atoms with Crippen LogP contribution in [-0.4, -0.2) is 28.7 Å². The molecule has 0 aromatic carbocycles. The summed E-state index contributed by atoms with van der Waals surface area (Å²) < 4.78 is 0. The molecule has 0 amide bonds. The largest absolute Gasteiger partial charge is 0.393 e. The van der Waals surface area contributed by atoms with Crippen LogP contribution in [0.2, 0.25) is 0 Å². The average Bonchev–Trinajstić information content (AvgIpc) is 2.86. The van der Waals surface area contributed by atoms with Gasteiger partial charge in [0.1, 0.15) is 6.29 Å². The van der Waals surface area contributed by atoms with E-state index in [-0.39, 0.29) is 11.5 Å². The first-order valence-corrected chi connectivity index (χ1v) is 9.03. The lowest BCUT2D eigenvalue weighted by Crippen LogP contribution is -2.52. The van der Waals surface area contributed by atoms with E-state index in [1.54, 1.807) is 0 Å². The average molecular weight is 304 g/mol. The molecule has 2 N–H and O–H groups in total. The highest BCUT2D eigenvalue weighted by Crippen LogP contribution is 2.64. The second-order valence-electron chi connectivity index (χ2n) is 8.52. The molecule has 0 spiro atoms. The quantitative estimate of drug-likeness (QED) is 0.578. The minimum atomic E-state index is -0.461. The molecule has 0 aliphatic heterocycles. The molecule has 122 valence electrons. The third kappa shape index (κ3) is 1.78. The van der Waals surface area contributed by atoms with Gasteiger partial charge >= 0.3 is 0 Å². The van der Waals surface area contributed by atoms with Crippen molar-refractivity contribution in [3.63, 3.8) is 0 Å². The van der Waals surface area contributed by atoms with Gasteiger partial charge in [-0.2, -0.15) is 0 Å². The zero-order chi connectivity index (χ0) is 15.5. The molecular formula is C19H28O3. The fourth-order valence-electron chi connectivity index (χ4n) is 6.57. The normalized spacial score (nSPS) is 54.0. The number of fused-ring (bicyclic) bond motifs is 5. The second-order valence-corrected chi connectivity index (χ2v) is 8.52. The first kappa shape index (κ1) is 14.9. The number of aliphatic hydroxyl groups is 2. The van der Waals surface area contributed by atoms with Crippen molar-refractivity contribution < 1.29 is 15.0 Å². The third-order valence-corrected chi connectivity index (χ3v) is 7.84. The first-order valence-electron chi connectivity index (χ1n) is 9.03. The molecule has 0 saturated heterocycles. The van der Waals surface area contributed by atoms with Crippen LogP contribution in [0.1, 0.15) is 58.3 Å². The lowest BCUT2D eigenvalue weighted by molar-refractivity contribution is -0.135. The standard InChI is InChI=1S/C19H28O3/c1-18-8-6-13(21)10-12(18)2-3-14-15(18)7-9-19(11-20)16(14)4-5-17(19)22/h2,11,13-17,21-22H,3-10H2,1H3/t13-,14+,15-,16-,17-,18-,19+/m0/s1. The Bertz CT molecular complexity index is 513. The Morgan fingerprint density at radius 1 is 1.14 bits per heavy atom. The van der Waals surface area contributed by atoms with E-state index >= 15 is 0 Å². The molecule has 4 rings (SSSR count). The Morgan fingerprint density at radius 3 is 2.73 bits per heavy atom. The predicted octanol–water partition coefficient (Wildman–Crippen LogP) is 2.85. The van der Waals surface area contributed by atoms with Gasteiger partial charge in [-0.15, -0.1) is 0 Å². The Balaban J connectivity index is 1.69. The van der Waals surface area contributed by atoms with Crippen LogP contribution in [-0.2, 0) is 4.79 Å². The van der Waals surface area contributed by atoms with Crippen LogP contribution in [0.3, 0.4) is 0 Å². The number of aldehydes is 1. The minimum absolute atomic E-state index is 0.165. The number of aliphatic hydroxyl groups excluding tert-OH is 2. The zero-order valence-corrected chi connectivity index (χ0v) is 13.5. The Hall–Kier alpha value is -0.670.